The molecule has 102 valence electrons. The lowest BCUT2D eigenvalue weighted by Gasteiger charge is -2.08. The third-order valence-electron chi connectivity index (χ3n) is 2.83. The van der Waals surface area contributed by atoms with Crippen molar-refractivity contribution in [1.29, 1.82) is 0 Å². The van der Waals surface area contributed by atoms with Crippen LogP contribution in [0.25, 0.3) is 10.9 Å². The summed E-state index contributed by atoms with van der Waals surface area (Å²) in [5.74, 6) is 0.227. The van der Waals surface area contributed by atoms with E-state index in [0.29, 0.717) is 12.5 Å². The maximum atomic E-state index is 13.1. The zero-order valence-electron chi connectivity index (χ0n) is 11.2. The highest BCUT2D eigenvalue weighted by Gasteiger charge is 2.04. The lowest BCUT2D eigenvalue weighted by molar-refractivity contribution is 0.629. The molecule has 5 heteroatoms. The molecule has 0 radical (unpaired) electrons. The number of aliphatic imine (C=N–C) groups is 1. The van der Waals surface area contributed by atoms with Crippen molar-refractivity contribution in [3.63, 3.8) is 0 Å². The molecule has 0 unspecified atom stereocenters. The van der Waals surface area contributed by atoms with Gasteiger partial charge in [-0.15, -0.1) is 0 Å². The van der Waals surface area contributed by atoms with E-state index in [0.717, 1.165) is 22.9 Å². The molecule has 2 aromatic rings. The predicted molar refractivity (Wildman–Crippen MR) is 76.7 cm³/mol. The first-order chi connectivity index (χ1) is 9.06. The van der Waals surface area contributed by atoms with Crippen molar-refractivity contribution in [1.82, 2.24) is 10.3 Å². The quantitative estimate of drug-likeness (QED) is 0.584. The van der Waals surface area contributed by atoms with Gasteiger partial charge in [-0.05, 0) is 44.0 Å². The van der Waals surface area contributed by atoms with Crippen LogP contribution in [-0.2, 0) is 6.42 Å². The molecule has 0 bridgehead atoms. The number of nitrogens with two attached hydrogens (primary N) is 1. The van der Waals surface area contributed by atoms with Crippen LogP contribution in [0.15, 0.2) is 29.4 Å². The van der Waals surface area contributed by atoms with Gasteiger partial charge in [-0.3, -0.25) is 4.99 Å². The van der Waals surface area contributed by atoms with E-state index in [1.165, 1.54) is 12.1 Å². The van der Waals surface area contributed by atoms with Crippen LogP contribution in [0.5, 0.6) is 0 Å². The molecule has 0 saturated heterocycles. The minimum absolute atomic E-state index is 0.232. The van der Waals surface area contributed by atoms with Gasteiger partial charge in [0.05, 0.1) is 0 Å². The fraction of sp³-hybridized carbons (Fsp3) is 0.357. The van der Waals surface area contributed by atoms with Crippen molar-refractivity contribution in [2.75, 3.05) is 6.54 Å². The van der Waals surface area contributed by atoms with Crippen LogP contribution in [0.1, 0.15) is 19.4 Å². The molecule has 0 fully saturated rings. The number of fused-ring (bicyclic) bond motifs is 1. The molecule has 1 aromatic carbocycles. The van der Waals surface area contributed by atoms with Gasteiger partial charge in [-0.2, -0.15) is 0 Å². The van der Waals surface area contributed by atoms with Crippen LogP contribution >= 0.6 is 0 Å². The van der Waals surface area contributed by atoms with Crippen molar-refractivity contribution >= 4 is 16.9 Å². The molecule has 1 heterocycles. The summed E-state index contributed by atoms with van der Waals surface area (Å²) in [4.78, 5) is 7.32. The Bertz CT molecular complexity index is 586. The number of H-pyrrole nitrogens is 1. The number of hydrogen-bond acceptors (Lipinski definition) is 1. The number of hydrogen-bond donors (Lipinski definition) is 3. The standard InChI is InChI=1S/C14H19FN4/c1-9(2)19-14(16)17-6-5-10-8-18-13-7-11(15)3-4-12(10)13/h3-4,7-9,18H,5-6H2,1-2H3,(H3,16,17,19). The average molecular weight is 262 g/mol. The summed E-state index contributed by atoms with van der Waals surface area (Å²) < 4.78 is 13.1. The molecule has 0 amide bonds. The highest BCUT2D eigenvalue weighted by atomic mass is 19.1. The van der Waals surface area contributed by atoms with Gasteiger partial charge in [0.15, 0.2) is 5.96 Å². The fourth-order valence-electron chi connectivity index (χ4n) is 2.00. The molecule has 4 N–H and O–H groups in total. The van der Waals surface area contributed by atoms with Crippen molar-refractivity contribution in [2.45, 2.75) is 26.3 Å². The number of benzene rings is 1. The van der Waals surface area contributed by atoms with Crippen LogP contribution in [0.4, 0.5) is 4.39 Å². The maximum Gasteiger partial charge on any atom is 0.188 e. The normalized spacial score (nSPS) is 12.3. The summed E-state index contributed by atoms with van der Waals surface area (Å²) >= 11 is 0. The summed E-state index contributed by atoms with van der Waals surface area (Å²) in [6.45, 7) is 4.63. The van der Waals surface area contributed by atoms with Gasteiger partial charge in [0.2, 0.25) is 0 Å². The molecule has 4 nitrogen and oxygen atoms in total. The first-order valence-corrected chi connectivity index (χ1v) is 6.38. The molecule has 0 saturated carbocycles. The second-order valence-electron chi connectivity index (χ2n) is 4.82. The van der Waals surface area contributed by atoms with E-state index in [1.807, 2.05) is 20.0 Å². The number of aromatic nitrogens is 1. The maximum absolute atomic E-state index is 13.1. The molecule has 1 aromatic heterocycles. The number of guanidine groups is 1. The number of nitrogens with zero attached hydrogens (tertiary/aromatic N) is 1. The third-order valence-corrected chi connectivity index (χ3v) is 2.83. The van der Waals surface area contributed by atoms with Gasteiger partial charge >= 0.3 is 0 Å². The lowest BCUT2D eigenvalue weighted by atomic mass is 10.1. The zero-order valence-corrected chi connectivity index (χ0v) is 11.2. The van der Waals surface area contributed by atoms with E-state index in [-0.39, 0.29) is 11.9 Å². The summed E-state index contributed by atoms with van der Waals surface area (Å²) in [6.07, 6.45) is 2.66. The number of rotatable bonds is 4. The van der Waals surface area contributed by atoms with E-state index < -0.39 is 0 Å². The van der Waals surface area contributed by atoms with Gasteiger partial charge in [0.1, 0.15) is 5.82 Å². The SMILES string of the molecule is CC(C)NC(N)=NCCc1c[nH]c2cc(F)ccc12. The highest BCUT2D eigenvalue weighted by Crippen LogP contribution is 2.19. The lowest BCUT2D eigenvalue weighted by Crippen LogP contribution is -2.36. The van der Waals surface area contributed by atoms with E-state index in [1.54, 1.807) is 6.07 Å². The highest BCUT2D eigenvalue weighted by molar-refractivity contribution is 5.83. The Balaban J connectivity index is 2.02. The van der Waals surface area contributed by atoms with Crippen LogP contribution < -0.4 is 11.1 Å². The number of halogens is 1. The van der Waals surface area contributed by atoms with Gasteiger partial charge in [0, 0.05) is 29.7 Å². The molecule has 19 heavy (non-hydrogen) atoms. The van der Waals surface area contributed by atoms with Crippen LogP contribution in [0.2, 0.25) is 0 Å². The van der Waals surface area contributed by atoms with Crippen LogP contribution in [-0.4, -0.2) is 23.5 Å². The van der Waals surface area contributed by atoms with Crippen LogP contribution in [0.3, 0.4) is 0 Å². The zero-order chi connectivity index (χ0) is 13.8. The first kappa shape index (κ1) is 13.4. The summed E-state index contributed by atoms with van der Waals surface area (Å²) in [5, 5.41) is 4.07. The van der Waals surface area contributed by atoms with Crippen molar-refractivity contribution < 1.29 is 4.39 Å². The Morgan fingerprint density at radius 1 is 1.47 bits per heavy atom. The minimum Gasteiger partial charge on any atom is -0.370 e. The van der Waals surface area contributed by atoms with E-state index in [4.69, 9.17) is 5.73 Å². The summed E-state index contributed by atoms with van der Waals surface area (Å²) in [7, 11) is 0. The number of nitrogens with one attached hydrogen (secondary N) is 2. The van der Waals surface area contributed by atoms with Crippen molar-refractivity contribution in [3.05, 3.63) is 35.8 Å². The van der Waals surface area contributed by atoms with Gasteiger partial charge in [-0.25, -0.2) is 4.39 Å². The Kier molecular flexibility index (Phi) is 4.04. The molecule has 0 aliphatic carbocycles. The van der Waals surface area contributed by atoms with Gasteiger partial charge in [0.25, 0.3) is 0 Å². The largest absolute Gasteiger partial charge is 0.370 e. The van der Waals surface area contributed by atoms with Gasteiger partial charge < -0.3 is 16.0 Å². The second kappa shape index (κ2) is 5.73. The van der Waals surface area contributed by atoms with Gasteiger partial charge in [-0.1, -0.05) is 0 Å². The smallest absolute Gasteiger partial charge is 0.188 e. The monoisotopic (exact) mass is 262 g/mol. The summed E-state index contributed by atoms with van der Waals surface area (Å²) in [5.41, 5.74) is 7.66. The Labute approximate surface area is 111 Å². The first-order valence-electron chi connectivity index (χ1n) is 6.38. The Hall–Kier alpha value is -2.04. The van der Waals surface area contributed by atoms with Crippen molar-refractivity contribution in [2.24, 2.45) is 10.7 Å². The third kappa shape index (κ3) is 3.47. The molecule has 0 atom stereocenters. The molecule has 0 aliphatic heterocycles. The van der Waals surface area contributed by atoms with E-state index in [2.05, 4.69) is 15.3 Å². The second-order valence-corrected chi connectivity index (χ2v) is 4.82. The molecular weight excluding hydrogens is 243 g/mol. The van der Waals surface area contributed by atoms with E-state index in [9.17, 15) is 4.39 Å². The fourth-order valence-corrected chi connectivity index (χ4v) is 2.00. The topological polar surface area (TPSA) is 66.2 Å². The molecule has 2 rings (SSSR count). The minimum atomic E-state index is -0.232. The molecule has 0 spiro atoms. The number of aromatic amines is 1. The Morgan fingerprint density at radius 3 is 3.00 bits per heavy atom. The average Bonchev–Trinajstić information content (AvgIpc) is 2.70. The molecular formula is C14H19FN4. The molecule has 0 aliphatic rings. The van der Waals surface area contributed by atoms with Crippen molar-refractivity contribution in [3.8, 4) is 0 Å². The predicted octanol–water partition coefficient (Wildman–Crippen LogP) is 2.16. The van der Waals surface area contributed by atoms with Crippen LogP contribution in [0, 0.1) is 5.82 Å². The summed E-state index contributed by atoms with van der Waals surface area (Å²) in [6, 6.07) is 5.03. The van der Waals surface area contributed by atoms with E-state index >= 15 is 0 Å². The Morgan fingerprint density at radius 2 is 2.26 bits per heavy atom.